The molecule has 1 unspecified atom stereocenters. The van der Waals surface area contributed by atoms with Gasteiger partial charge in [0.05, 0.1) is 10.2 Å². The molecule has 2 N–H and O–H groups in total. The van der Waals surface area contributed by atoms with Crippen LogP contribution in [0, 0.1) is 0 Å². The molecule has 0 aliphatic rings. The summed E-state index contributed by atoms with van der Waals surface area (Å²) in [7, 11) is 0. The van der Waals surface area contributed by atoms with Gasteiger partial charge in [-0.1, -0.05) is 17.4 Å². The average Bonchev–Trinajstić information content (AvgIpc) is 2.92. The zero-order valence-corrected chi connectivity index (χ0v) is 12.1. The molecule has 0 spiro atoms. The lowest BCUT2D eigenvalue weighted by molar-refractivity contribution is 0.220. The maximum Gasteiger partial charge on any atom is 0.305 e. The summed E-state index contributed by atoms with van der Waals surface area (Å²) in [6.45, 7) is 0. The normalized spacial score (nSPS) is 13.0. The number of aromatic nitrogens is 2. The molecule has 3 rings (SSSR count). The van der Waals surface area contributed by atoms with Crippen molar-refractivity contribution in [3.05, 3.63) is 48.4 Å². The Morgan fingerprint density at radius 2 is 2.28 bits per heavy atom. The second-order valence-electron chi connectivity index (χ2n) is 3.68. The molecule has 3 aromatic rings. The number of aliphatic hydroxyl groups excluding tert-OH is 1. The minimum atomic E-state index is -0.761. The highest BCUT2D eigenvalue weighted by Crippen LogP contribution is 2.28. The van der Waals surface area contributed by atoms with Gasteiger partial charge in [0, 0.05) is 5.38 Å². The van der Waals surface area contributed by atoms with Crippen LogP contribution in [-0.4, -0.2) is 15.1 Å². The van der Waals surface area contributed by atoms with Crippen LogP contribution in [0.3, 0.4) is 0 Å². The summed E-state index contributed by atoms with van der Waals surface area (Å²) in [5.41, 5.74) is 1.53. The van der Waals surface area contributed by atoms with E-state index in [4.69, 9.17) is 0 Å². The summed E-state index contributed by atoms with van der Waals surface area (Å²) in [6.07, 6.45) is -0.761. The summed E-state index contributed by atoms with van der Waals surface area (Å²) in [4.78, 5) is 18.1. The first-order valence-electron chi connectivity index (χ1n) is 5.05. The van der Waals surface area contributed by atoms with Gasteiger partial charge in [-0.3, -0.25) is 4.79 Å². The third-order valence-electron chi connectivity index (χ3n) is 2.49. The minimum absolute atomic E-state index is 0.0892. The van der Waals surface area contributed by atoms with Crippen molar-refractivity contribution in [1.82, 2.24) is 9.97 Å². The van der Waals surface area contributed by atoms with Gasteiger partial charge in [0.25, 0.3) is 0 Å². The molecule has 0 bridgehead atoms. The third kappa shape index (κ3) is 2.14. The van der Waals surface area contributed by atoms with Crippen LogP contribution >= 0.6 is 38.6 Å². The van der Waals surface area contributed by atoms with Crippen LogP contribution < -0.4 is 4.87 Å². The number of aromatic amines is 1. The molecule has 0 fully saturated rings. The van der Waals surface area contributed by atoms with Crippen molar-refractivity contribution >= 4 is 48.8 Å². The van der Waals surface area contributed by atoms with Crippen molar-refractivity contribution < 1.29 is 5.11 Å². The molecular formula is C11H7BrN2O2S2. The first kappa shape index (κ1) is 12.0. The molecule has 1 aromatic carbocycles. The Bertz CT molecular complexity index is 762. The fourth-order valence-electron chi connectivity index (χ4n) is 1.67. The monoisotopic (exact) mass is 342 g/mol. The molecule has 0 amide bonds. The van der Waals surface area contributed by atoms with Crippen molar-refractivity contribution in [2.45, 2.75) is 6.10 Å². The third-order valence-corrected chi connectivity index (χ3v) is 4.94. The second kappa shape index (κ2) is 4.58. The first-order chi connectivity index (χ1) is 8.63. The first-order valence-corrected chi connectivity index (χ1v) is 7.54. The maximum absolute atomic E-state index is 11.2. The number of benzene rings is 1. The van der Waals surface area contributed by atoms with Crippen LogP contribution in [0.5, 0.6) is 0 Å². The molecular weight excluding hydrogens is 336 g/mol. The van der Waals surface area contributed by atoms with Crippen LogP contribution in [0.2, 0.25) is 0 Å². The Morgan fingerprint density at radius 1 is 1.44 bits per heavy atom. The molecule has 1 atom stereocenters. The van der Waals surface area contributed by atoms with E-state index in [1.54, 1.807) is 12.1 Å². The summed E-state index contributed by atoms with van der Waals surface area (Å²) in [5, 5.41) is 12.7. The SMILES string of the molecule is O=c1[nH]c2ccc(C(O)c3nc(Br)cs3)cc2s1. The van der Waals surface area contributed by atoms with Gasteiger partial charge in [0.15, 0.2) is 0 Å². The molecule has 0 aliphatic heterocycles. The van der Waals surface area contributed by atoms with E-state index in [1.807, 2.05) is 11.4 Å². The fourth-order valence-corrected chi connectivity index (χ4v) is 3.73. The zero-order chi connectivity index (χ0) is 12.7. The topological polar surface area (TPSA) is 66.0 Å². The van der Waals surface area contributed by atoms with E-state index < -0.39 is 6.10 Å². The van der Waals surface area contributed by atoms with E-state index in [2.05, 4.69) is 25.9 Å². The molecule has 0 saturated carbocycles. The van der Waals surface area contributed by atoms with Gasteiger partial charge in [-0.15, -0.1) is 11.3 Å². The molecule has 4 nitrogen and oxygen atoms in total. The van der Waals surface area contributed by atoms with Crippen molar-refractivity contribution in [3.8, 4) is 0 Å². The van der Waals surface area contributed by atoms with Gasteiger partial charge in [0.1, 0.15) is 15.7 Å². The van der Waals surface area contributed by atoms with Gasteiger partial charge in [-0.05, 0) is 33.6 Å². The molecule has 0 saturated heterocycles. The Morgan fingerprint density at radius 3 is 3.00 bits per heavy atom. The lowest BCUT2D eigenvalue weighted by atomic mass is 10.1. The number of halogens is 1. The van der Waals surface area contributed by atoms with E-state index >= 15 is 0 Å². The minimum Gasteiger partial charge on any atom is -0.381 e. The van der Waals surface area contributed by atoms with Gasteiger partial charge in [-0.2, -0.15) is 0 Å². The molecule has 0 aliphatic carbocycles. The van der Waals surface area contributed by atoms with E-state index in [0.29, 0.717) is 9.61 Å². The fraction of sp³-hybridized carbons (Fsp3) is 0.0909. The van der Waals surface area contributed by atoms with Gasteiger partial charge in [0.2, 0.25) is 0 Å². The average molecular weight is 343 g/mol. The van der Waals surface area contributed by atoms with E-state index in [1.165, 1.54) is 11.3 Å². The predicted octanol–water partition coefficient (Wildman–Crippen LogP) is 2.89. The largest absolute Gasteiger partial charge is 0.381 e. The highest BCUT2D eigenvalue weighted by Gasteiger charge is 2.15. The molecule has 0 radical (unpaired) electrons. The van der Waals surface area contributed by atoms with Crippen molar-refractivity contribution in [3.63, 3.8) is 0 Å². The molecule has 2 heterocycles. The summed E-state index contributed by atoms with van der Waals surface area (Å²) in [5.74, 6) is 0. The smallest absolute Gasteiger partial charge is 0.305 e. The van der Waals surface area contributed by atoms with Crippen LogP contribution in [0.1, 0.15) is 16.7 Å². The number of H-pyrrole nitrogens is 1. The van der Waals surface area contributed by atoms with Crippen molar-refractivity contribution in [2.24, 2.45) is 0 Å². The number of rotatable bonds is 2. The quantitative estimate of drug-likeness (QED) is 0.752. The summed E-state index contributed by atoms with van der Waals surface area (Å²) < 4.78 is 1.56. The van der Waals surface area contributed by atoms with Crippen molar-refractivity contribution in [2.75, 3.05) is 0 Å². The lowest BCUT2D eigenvalue weighted by Gasteiger charge is -2.07. The highest BCUT2D eigenvalue weighted by molar-refractivity contribution is 9.10. The molecule has 92 valence electrons. The number of hydrogen-bond acceptors (Lipinski definition) is 5. The van der Waals surface area contributed by atoms with Gasteiger partial charge in [-0.25, -0.2) is 4.98 Å². The Labute approximate surface area is 118 Å². The predicted molar refractivity (Wildman–Crippen MR) is 76.3 cm³/mol. The standard InChI is InChI=1S/C11H7BrN2O2S2/c12-8-4-17-10(14-8)9(15)5-1-2-6-7(3-5)18-11(16)13-6/h1-4,9,15H,(H,13,16). The number of nitrogens with one attached hydrogen (secondary N) is 1. The number of hydrogen-bond donors (Lipinski definition) is 2. The van der Waals surface area contributed by atoms with Crippen LogP contribution in [0.15, 0.2) is 33.0 Å². The van der Waals surface area contributed by atoms with E-state index in [0.717, 1.165) is 27.1 Å². The lowest BCUT2D eigenvalue weighted by Crippen LogP contribution is -1.98. The second-order valence-corrected chi connectivity index (χ2v) is 6.40. The Kier molecular flexibility index (Phi) is 3.06. The highest BCUT2D eigenvalue weighted by atomic mass is 79.9. The summed E-state index contributed by atoms with van der Waals surface area (Å²) in [6, 6.07) is 5.41. The number of fused-ring (bicyclic) bond motifs is 1. The van der Waals surface area contributed by atoms with Gasteiger partial charge < -0.3 is 10.1 Å². The van der Waals surface area contributed by atoms with Gasteiger partial charge >= 0.3 is 4.87 Å². The Balaban J connectivity index is 2.05. The Hall–Kier alpha value is -1.02. The number of thiazole rings is 2. The van der Waals surface area contributed by atoms with Crippen molar-refractivity contribution in [1.29, 1.82) is 0 Å². The van der Waals surface area contributed by atoms with Crippen LogP contribution in [-0.2, 0) is 0 Å². The number of nitrogens with zero attached hydrogens (tertiary/aromatic N) is 1. The van der Waals surface area contributed by atoms with E-state index in [-0.39, 0.29) is 4.87 Å². The number of aliphatic hydroxyl groups is 1. The maximum atomic E-state index is 11.2. The zero-order valence-electron chi connectivity index (χ0n) is 8.88. The van der Waals surface area contributed by atoms with Crippen LogP contribution in [0.25, 0.3) is 10.2 Å². The molecule has 2 aromatic heterocycles. The molecule has 7 heteroatoms. The molecule has 18 heavy (non-hydrogen) atoms. The summed E-state index contributed by atoms with van der Waals surface area (Å²) >= 11 is 5.78. The van der Waals surface area contributed by atoms with Crippen LogP contribution in [0.4, 0.5) is 0 Å². The van der Waals surface area contributed by atoms with E-state index in [9.17, 15) is 9.90 Å².